The van der Waals surface area contributed by atoms with Gasteiger partial charge in [0.1, 0.15) is 0 Å². The van der Waals surface area contributed by atoms with Gasteiger partial charge in [0, 0.05) is 5.56 Å². The maximum absolute atomic E-state index is 11.6. The standard InChI is InChI=1S/C14H16N4O4/c1-2-22-11-5-3-4-9(14(11)21)8-15-17-12(19)6-10-7-13(20)18-16-10/h3-5,8,21H,2,6-7H2,1H3,(H,17,19)(H,18,20). The second-order valence-electron chi connectivity index (χ2n) is 4.49. The Hall–Kier alpha value is -2.90. The molecule has 0 saturated heterocycles. The first-order chi connectivity index (χ1) is 10.6. The van der Waals surface area contributed by atoms with Crippen LogP contribution in [0, 0.1) is 0 Å². The normalized spacial score (nSPS) is 13.9. The average Bonchev–Trinajstić information content (AvgIpc) is 2.88. The molecule has 1 aliphatic heterocycles. The number of phenols is 1. The van der Waals surface area contributed by atoms with Gasteiger partial charge >= 0.3 is 0 Å². The van der Waals surface area contributed by atoms with E-state index in [9.17, 15) is 14.7 Å². The summed E-state index contributed by atoms with van der Waals surface area (Å²) in [5.41, 5.74) is 5.45. The van der Waals surface area contributed by atoms with Gasteiger partial charge in [0.05, 0.1) is 31.4 Å². The summed E-state index contributed by atoms with van der Waals surface area (Å²) in [6.45, 7) is 2.24. The van der Waals surface area contributed by atoms with Crippen molar-refractivity contribution in [3.8, 4) is 11.5 Å². The van der Waals surface area contributed by atoms with Crippen molar-refractivity contribution in [1.82, 2.24) is 10.9 Å². The van der Waals surface area contributed by atoms with E-state index >= 15 is 0 Å². The number of amides is 2. The molecule has 0 bridgehead atoms. The predicted molar refractivity (Wildman–Crippen MR) is 79.8 cm³/mol. The van der Waals surface area contributed by atoms with Crippen molar-refractivity contribution in [2.75, 3.05) is 6.61 Å². The minimum Gasteiger partial charge on any atom is -0.504 e. The summed E-state index contributed by atoms with van der Waals surface area (Å²) >= 11 is 0. The SMILES string of the molecule is CCOc1cccc(C=NNC(=O)CC2=NNC(=O)C2)c1O. The van der Waals surface area contributed by atoms with E-state index in [-0.39, 0.29) is 24.5 Å². The first kappa shape index (κ1) is 15.5. The minimum absolute atomic E-state index is 0.0128. The molecule has 8 nitrogen and oxygen atoms in total. The zero-order valence-corrected chi connectivity index (χ0v) is 12.0. The highest BCUT2D eigenvalue weighted by molar-refractivity contribution is 6.11. The van der Waals surface area contributed by atoms with Crippen molar-refractivity contribution in [2.45, 2.75) is 19.8 Å². The molecule has 2 amide bonds. The lowest BCUT2D eigenvalue weighted by molar-refractivity contribution is -0.119. The van der Waals surface area contributed by atoms with Crippen LogP contribution in [0.3, 0.4) is 0 Å². The van der Waals surface area contributed by atoms with Crippen molar-refractivity contribution in [2.24, 2.45) is 10.2 Å². The number of hydrogen-bond donors (Lipinski definition) is 3. The van der Waals surface area contributed by atoms with Crippen LogP contribution < -0.4 is 15.6 Å². The largest absolute Gasteiger partial charge is 0.504 e. The van der Waals surface area contributed by atoms with E-state index in [2.05, 4.69) is 21.1 Å². The van der Waals surface area contributed by atoms with Gasteiger partial charge in [0.2, 0.25) is 11.8 Å². The molecular formula is C14H16N4O4. The quantitative estimate of drug-likeness (QED) is 0.525. The van der Waals surface area contributed by atoms with Crippen molar-refractivity contribution >= 4 is 23.7 Å². The average molecular weight is 304 g/mol. The molecule has 0 aliphatic carbocycles. The molecule has 0 atom stereocenters. The summed E-state index contributed by atoms with van der Waals surface area (Å²) in [5, 5.41) is 17.4. The van der Waals surface area contributed by atoms with Crippen LogP contribution >= 0.6 is 0 Å². The summed E-state index contributed by atoms with van der Waals surface area (Å²) in [6, 6.07) is 4.98. The topological polar surface area (TPSA) is 112 Å². The minimum atomic E-state index is -0.396. The van der Waals surface area contributed by atoms with E-state index in [1.165, 1.54) is 6.21 Å². The molecule has 0 spiro atoms. The van der Waals surface area contributed by atoms with Crippen molar-refractivity contribution in [3.05, 3.63) is 23.8 Å². The van der Waals surface area contributed by atoms with Gasteiger partial charge in [-0.25, -0.2) is 10.9 Å². The molecular weight excluding hydrogens is 288 g/mol. The molecule has 1 aliphatic rings. The van der Waals surface area contributed by atoms with Crippen molar-refractivity contribution < 1.29 is 19.4 Å². The van der Waals surface area contributed by atoms with Crippen LogP contribution in [0.15, 0.2) is 28.4 Å². The number of nitrogens with zero attached hydrogens (tertiary/aromatic N) is 2. The molecule has 2 rings (SSSR count). The third-order valence-electron chi connectivity index (χ3n) is 2.79. The Kier molecular flexibility index (Phi) is 5.07. The van der Waals surface area contributed by atoms with E-state index in [1.807, 2.05) is 6.92 Å². The fourth-order valence-corrected chi connectivity index (χ4v) is 1.82. The second-order valence-corrected chi connectivity index (χ2v) is 4.49. The lowest BCUT2D eigenvalue weighted by atomic mass is 10.2. The third-order valence-corrected chi connectivity index (χ3v) is 2.79. The maximum atomic E-state index is 11.6. The number of carbonyl (C=O) groups excluding carboxylic acids is 2. The second kappa shape index (κ2) is 7.21. The zero-order valence-electron chi connectivity index (χ0n) is 12.0. The number of para-hydroxylation sites is 1. The molecule has 0 aromatic heterocycles. The Balaban J connectivity index is 1.91. The van der Waals surface area contributed by atoms with Gasteiger partial charge in [0.15, 0.2) is 11.5 Å². The third kappa shape index (κ3) is 4.05. The van der Waals surface area contributed by atoms with Gasteiger partial charge in [-0.15, -0.1) is 0 Å². The Labute approximate surface area is 126 Å². The van der Waals surface area contributed by atoms with E-state index in [1.54, 1.807) is 18.2 Å². The monoisotopic (exact) mass is 304 g/mol. The summed E-state index contributed by atoms with van der Waals surface area (Å²) in [7, 11) is 0. The molecule has 0 saturated carbocycles. The van der Waals surface area contributed by atoms with Gasteiger partial charge < -0.3 is 9.84 Å². The maximum Gasteiger partial charge on any atom is 0.245 e. The van der Waals surface area contributed by atoms with Crippen molar-refractivity contribution in [1.29, 1.82) is 0 Å². The number of carbonyl (C=O) groups is 2. The fraction of sp³-hybridized carbons (Fsp3) is 0.286. The smallest absolute Gasteiger partial charge is 0.245 e. The first-order valence-corrected chi connectivity index (χ1v) is 6.71. The number of phenolic OH excluding ortho intramolecular Hbond substituents is 1. The molecule has 3 N–H and O–H groups in total. The highest BCUT2D eigenvalue weighted by atomic mass is 16.5. The van der Waals surface area contributed by atoms with E-state index in [4.69, 9.17) is 4.74 Å². The van der Waals surface area contributed by atoms with Crippen molar-refractivity contribution in [3.63, 3.8) is 0 Å². The van der Waals surface area contributed by atoms with Crippen LogP contribution in [0.1, 0.15) is 25.3 Å². The molecule has 1 aromatic carbocycles. The Bertz CT molecular complexity index is 640. The first-order valence-electron chi connectivity index (χ1n) is 6.71. The van der Waals surface area contributed by atoms with E-state index < -0.39 is 5.91 Å². The van der Waals surface area contributed by atoms with Gasteiger partial charge in [-0.05, 0) is 19.1 Å². The number of nitrogens with one attached hydrogen (secondary N) is 2. The number of benzene rings is 1. The molecule has 22 heavy (non-hydrogen) atoms. The summed E-state index contributed by atoms with van der Waals surface area (Å²) < 4.78 is 5.25. The molecule has 0 unspecified atom stereocenters. The Morgan fingerprint density at radius 2 is 2.41 bits per heavy atom. The number of ether oxygens (including phenoxy) is 1. The number of rotatable bonds is 6. The van der Waals surface area contributed by atoms with E-state index in [0.29, 0.717) is 23.6 Å². The number of aromatic hydroxyl groups is 1. The molecule has 1 aromatic rings. The molecule has 0 fully saturated rings. The Morgan fingerprint density at radius 1 is 1.59 bits per heavy atom. The predicted octanol–water partition coefficient (Wildman–Crippen LogP) is 0.507. The highest BCUT2D eigenvalue weighted by Gasteiger charge is 2.17. The van der Waals surface area contributed by atoms with Crippen LogP contribution in [0.5, 0.6) is 11.5 Å². The number of hydrazone groups is 2. The van der Waals surface area contributed by atoms with Crippen LogP contribution in [-0.2, 0) is 9.59 Å². The molecule has 8 heteroatoms. The molecule has 1 heterocycles. The van der Waals surface area contributed by atoms with Gasteiger partial charge in [-0.1, -0.05) is 6.07 Å². The fourth-order valence-electron chi connectivity index (χ4n) is 1.82. The van der Waals surface area contributed by atoms with Gasteiger partial charge in [-0.2, -0.15) is 10.2 Å². The van der Waals surface area contributed by atoms with Crippen LogP contribution in [0.2, 0.25) is 0 Å². The van der Waals surface area contributed by atoms with Gasteiger partial charge in [0.25, 0.3) is 0 Å². The highest BCUT2D eigenvalue weighted by Crippen LogP contribution is 2.28. The summed E-state index contributed by atoms with van der Waals surface area (Å²) in [5.74, 6) is -0.323. The van der Waals surface area contributed by atoms with Gasteiger partial charge in [-0.3, -0.25) is 9.59 Å². The molecule has 116 valence electrons. The summed E-state index contributed by atoms with van der Waals surface area (Å²) in [4.78, 5) is 22.5. The van der Waals surface area contributed by atoms with Crippen LogP contribution in [0.4, 0.5) is 0 Å². The summed E-state index contributed by atoms with van der Waals surface area (Å²) in [6.07, 6.45) is 1.42. The lowest BCUT2D eigenvalue weighted by Crippen LogP contribution is -2.20. The molecule has 0 radical (unpaired) electrons. The lowest BCUT2D eigenvalue weighted by Gasteiger charge is -2.07. The Morgan fingerprint density at radius 3 is 3.09 bits per heavy atom. The van der Waals surface area contributed by atoms with E-state index in [0.717, 1.165) is 0 Å². The van der Waals surface area contributed by atoms with Crippen LogP contribution in [-0.4, -0.2) is 35.5 Å². The number of hydrogen-bond acceptors (Lipinski definition) is 6. The zero-order chi connectivity index (χ0) is 15.9. The van der Waals surface area contributed by atoms with Crippen LogP contribution in [0.25, 0.3) is 0 Å².